The lowest BCUT2D eigenvalue weighted by molar-refractivity contribution is -0.119. The molecule has 2 aromatic carbocycles. The van der Waals surface area contributed by atoms with E-state index in [2.05, 4.69) is 15.6 Å². The van der Waals surface area contributed by atoms with Crippen molar-refractivity contribution in [1.82, 2.24) is 15.2 Å². The fourth-order valence-electron chi connectivity index (χ4n) is 2.67. The van der Waals surface area contributed by atoms with Crippen LogP contribution in [0.25, 0.3) is 10.8 Å². The summed E-state index contributed by atoms with van der Waals surface area (Å²) in [6.07, 6.45) is 0. The van der Waals surface area contributed by atoms with Crippen LogP contribution in [0.1, 0.15) is 23.0 Å². The number of aromatic nitrogens is 2. The number of nitrogens with one attached hydrogen (secondary N) is 1. The minimum atomic E-state index is -0.561. The van der Waals surface area contributed by atoms with E-state index in [9.17, 15) is 14.4 Å². The summed E-state index contributed by atoms with van der Waals surface area (Å²) in [6, 6.07) is 13.6. The third-order valence-corrected chi connectivity index (χ3v) is 4.15. The molecule has 0 unspecified atom stereocenters. The third-order valence-electron chi connectivity index (χ3n) is 4.15. The SMILES string of the molecule is C/C(=N\NC(=O)c1nn(C)c(=O)c2ccccc12)c1ccc(OCC(N)=O)cc1. The number of primary amides is 1. The Morgan fingerprint density at radius 2 is 1.79 bits per heavy atom. The number of hydrogen-bond donors (Lipinski definition) is 2. The Balaban J connectivity index is 1.78. The summed E-state index contributed by atoms with van der Waals surface area (Å²) in [7, 11) is 1.49. The van der Waals surface area contributed by atoms with E-state index >= 15 is 0 Å². The van der Waals surface area contributed by atoms with E-state index in [1.54, 1.807) is 55.5 Å². The number of hydrogen-bond acceptors (Lipinski definition) is 6. The predicted molar refractivity (Wildman–Crippen MR) is 108 cm³/mol. The van der Waals surface area contributed by atoms with Gasteiger partial charge in [-0.1, -0.05) is 18.2 Å². The molecular formula is C20H19N5O4. The number of amides is 2. The minimum absolute atomic E-state index is 0.106. The molecule has 0 aliphatic carbocycles. The van der Waals surface area contributed by atoms with Crippen molar-refractivity contribution < 1.29 is 14.3 Å². The highest BCUT2D eigenvalue weighted by molar-refractivity contribution is 6.06. The second kappa shape index (κ2) is 8.34. The van der Waals surface area contributed by atoms with Gasteiger partial charge in [0.1, 0.15) is 5.75 Å². The van der Waals surface area contributed by atoms with Gasteiger partial charge in [0.05, 0.1) is 11.1 Å². The first-order valence-electron chi connectivity index (χ1n) is 8.69. The normalized spacial score (nSPS) is 11.3. The van der Waals surface area contributed by atoms with E-state index in [1.807, 2.05) is 0 Å². The molecule has 3 N–H and O–H groups in total. The molecule has 0 fully saturated rings. The summed E-state index contributed by atoms with van der Waals surface area (Å²) >= 11 is 0. The first-order valence-corrected chi connectivity index (χ1v) is 8.69. The molecule has 0 aliphatic rings. The van der Waals surface area contributed by atoms with Gasteiger partial charge in [-0.3, -0.25) is 14.4 Å². The highest BCUT2D eigenvalue weighted by atomic mass is 16.5. The molecule has 0 aliphatic heterocycles. The van der Waals surface area contributed by atoms with Crippen LogP contribution in [-0.4, -0.2) is 33.9 Å². The maximum atomic E-state index is 12.6. The predicted octanol–water partition coefficient (Wildman–Crippen LogP) is 0.952. The van der Waals surface area contributed by atoms with Crippen LogP contribution in [0.2, 0.25) is 0 Å². The van der Waals surface area contributed by atoms with Gasteiger partial charge in [-0.15, -0.1) is 0 Å². The molecule has 0 saturated carbocycles. The topological polar surface area (TPSA) is 129 Å². The maximum Gasteiger partial charge on any atom is 0.292 e. The number of benzene rings is 2. The van der Waals surface area contributed by atoms with Crippen molar-refractivity contribution in [2.45, 2.75) is 6.92 Å². The number of ether oxygens (including phenoxy) is 1. The summed E-state index contributed by atoms with van der Waals surface area (Å²) in [5, 5.41) is 9.04. The summed E-state index contributed by atoms with van der Waals surface area (Å²) in [5.74, 6) is -0.600. The van der Waals surface area contributed by atoms with E-state index in [-0.39, 0.29) is 17.9 Å². The molecule has 0 bridgehead atoms. The van der Waals surface area contributed by atoms with E-state index in [0.29, 0.717) is 22.2 Å². The average molecular weight is 393 g/mol. The summed E-state index contributed by atoms with van der Waals surface area (Å²) < 4.78 is 6.32. The highest BCUT2D eigenvalue weighted by Gasteiger charge is 2.15. The summed E-state index contributed by atoms with van der Waals surface area (Å²) in [5.41, 5.74) is 8.63. The largest absolute Gasteiger partial charge is 0.484 e. The van der Waals surface area contributed by atoms with Crippen LogP contribution in [0.5, 0.6) is 5.75 Å². The minimum Gasteiger partial charge on any atom is -0.484 e. The third kappa shape index (κ3) is 4.46. The number of nitrogens with zero attached hydrogens (tertiary/aromatic N) is 3. The van der Waals surface area contributed by atoms with Crippen molar-refractivity contribution in [2.75, 3.05) is 6.61 Å². The zero-order chi connectivity index (χ0) is 21.0. The van der Waals surface area contributed by atoms with Crippen LogP contribution >= 0.6 is 0 Å². The molecule has 0 saturated heterocycles. The molecule has 1 heterocycles. The Morgan fingerprint density at radius 1 is 1.14 bits per heavy atom. The van der Waals surface area contributed by atoms with Crippen LogP contribution < -0.4 is 21.5 Å². The van der Waals surface area contributed by atoms with Crippen molar-refractivity contribution in [2.24, 2.45) is 17.9 Å². The van der Waals surface area contributed by atoms with Crippen LogP contribution in [-0.2, 0) is 11.8 Å². The van der Waals surface area contributed by atoms with Gasteiger partial charge < -0.3 is 10.5 Å². The fourth-order valence-corrected chi connectivity index (χ4v) is 2.67. The quantitative estimate of drug-likeness (QED) is 0.476. The zero-order valence-corrected chi connectivity index (χ0v) is 15.9. The van der Waals surface area contributed by atoms with Crippen LogP contribution in [0.15, 0.2) is 58.4 Å². The Bertz CT molecular complexity index is 1170. The molecule has 2 amide bonds. The van der Waals surface area contributed by atoms with Crippen molar-refractivity contribution in [3.05, 3.63) is 70.1 Å². The lowest BCUT2D eigenvalue weighted by atomic mass is 10.1. The molecule has 0 spiro atoms. The first-order chi connectivity index (χ1) is 13.9. The molecule has 0 radical (unpaired) electrons. The number of nitrogens with two attached hydrogens (primary N) is 1. The number of carbonyl (C=O) groups excluding carboxylic acids is 2. The van der Waals surface area contributed by atoms with Crippen molar-refractivity contribution in [3.8, 4) is 5.75 Å². The average Bonchev–Trinajstić information content (AvgIpc) is 2.73. The molecule has 148 valence electrons. The molecule has 1 aromatic heterocycles. The smallest absolute Gasteiger partial charge is 0.292 e. The van der Waals surface area contributed by atoms with Crippen LogP contribution in [0.3, 0.4) is 0 Å². The number of carbonyl (C=O) groups is 2. The number of aryl methyl sites for hydroxylation is 1. The van der Waals surface area contributed by atoms with Crippen molar-refractivity contribution in [1.29, 1.82) is 0 Å². The van der Waals surface area contributed by atoms with Gasteiger partial charge in [0.15, 0.2) is 12.3 Å². The molecule has 29 heavy (non-hydrogen) atoms. The molecule has 9 heteroatoms. The molecule has 9 nitrogen and oxygen atoms in total. The monoisotopic (exact) mass is 393 g/mol. The number of hydrazone groups is 1. The van der Waals surface area contributed by atoms with Crippen LogP contribution in [0.4, 0.5) is 0 Å². The summed E-state index contributed by atoms with van der Waals surface area (Å²) in [6.45, 7) is 1.52. The Kier molecular flexibility index (Phi) is 5.68. The van der Waals surface area contributed by atoms with Gasteiger partial charge in [0.2, 0.25) is 0 Å². The van der Waals surface area contributed by atoms with Crippen LogP contribution in [0, 0.1) is 0 Å². The molecule has 3 aromatic rings. The molecule has 0 atom stereocenters. The first kappa shape index (κ1) is 19.7. The maximum absolute atomic E-state index is 12.6. The number of fused-ring (bicyclic) bond motifs is 1. The standard InChI is InChI=1S/C20H19N5O4/c1-12(13-7-9-14(10-8-13)29-11-17(21)26)22-23-19(27)18-15-5-3-4-6-16(15)20(28)25(2)24-18/h3-10H,11H2,1-2H3,(H2,21,26)(H,23,27)/b22-12+. The van der Waals surface area contributed by atoms with Crippen molar-refractivity contribution >= 4 is 28.3 Å². The Hall–Kier alpha value is -4.01. The second-order valence-corrected chi connectivity index (χ2v) is 6.24. The van der Waals surface area contributed by atoms with Gasteiger partial charge in [-0.2, -0.15) is 10.2 Å². The Labute approximate surface area is 165 Å². The summed E-state index contributed by atoms with van der Waals surface area (Å²) in [4.78, 5) is 35.5. The lowest BCUT2D eigenvalue weighted by Gasteiger charge is -2.08. The van der Waals surface area contributed by atoms with E-state index < -0.39 is 11.8 Å². The highest BCUT2D eigenvalue weighted by Crippen LogP contribution is 2.14. The zero-order valence-electron chi connectivity index (χ0n) is 15.9. The van der Waals surface area contributed by atoms with Crippen molar-refractivity contribution in [3.63, 3.8) is 0 Å². The van der Waals surface area contributed by atoms with E-state index in [1.165, 1.54) is 7.05 Å². The van der Waals surface area contributed by atoms with Gasteiger partial charge in [-0.05, 0) is 42.8 Å². The van der Waals surface area contributed by atoms with E-state index in [0.717, 1.165) is 10.2 Å². The second-order valence-electron chi connectivity index (χ2n) is 6.24. The van der Waals surface area contributed by atoms with Gasteiger partial charge >= 0.3 is 0 Å². The lowest BCUT2D eigenvalue weighted by Crippen LogP contribution is -2.27. The number of rotatable bonds is 6. The van der Waals surface area contributed by atoms with E-state index in [4.69, 9.17) is 10.5 Å². The molecule has 3 rings (SSSR count). The Morgan fingerprint density at radius 3 is 2.45 bits per heavy atom. The molecular weight excluding hydrogens is 374 g/mol. The van der Waals surface area contributed by atoms with Gasteiger partial charge in [-0.25, -0.2) is 10.1 Å². The fraction of sp³-hybridized carbons (Fsp3) is 0.150. The van der Waals surface area contributed by atoms with Gasteiger partial charge in [0.25, 0.3) is 17.4 Å². The van der Waals surface area contributed by atoms with Gasteiger partial charge in [0, 0.05) is 12.4 Å².